The van der Waals surface area contributed by atoms with E-state index in [0.717, 1.165) is 34.5 Å². The summed E-state index contributed by atoms with van der Waals surface area (Å²) in [4.78, 5) is 22.0. The summed E-state index contributed by atoms with van der Waals surface area (Å²) in [5.74, 6) is 1.10. The van der Waals surface area contributed by atoms with Crippen LogP contribution in [-0.4, -0.2) is 26.1 Å². The summed E-state index contributed by atoms with van der Waals surface area (Å²) in [5.41, 5.74) is 4.17. The van der Waals surface area contributed by atoms with Crippen LogP contribution >= 0.6 is 0 Å². The molecule has 0 atom stereocenters. The number of aliphatic hydroxyl groups is 1. The van der Waals surface area contributed by atoms with Gasteiger partial charge in [-0.1, -0.05) is 62.1 Å². The monoisotopic (exact) mass is 417 g/mol. The Hall–Kier alpha value is -3.25. The zero-order valence-corrected chi connectivity index (χ0v) is 17.4. The molecule has 0 radical (unpaired) electrons. The van der Waals surface area contributed by atoms with Gasteiger partial charge in [0.25, 0.3) is 0 Å². The first kappa shape index (κ1) is 21.0. The normalized spacial score (nSPS) is 14.0. The SMILES string of the molecule is O=C(Cc1ccc(O)cc1)Nc1ncc(-c2ccc(CO)cc2)nc1CC1CCCC1. The molecule has 2 aromatic carbocycles. The third-order valence-electron chi connectivity index (χ3n) is 5.79. The lowest BCUT2D eigenvalue weighted by Gasteiger charge is -2.14. The number of aromatic hydroxyl groups is 1. The number of carbonyl (C=O) groups is 1. The Morgan fingerprint density at radius 3 is 2.35 bits per heavy atom. The van der Waals surface area contributed by atoms with Gasteiger partial charge in [-0.2, -0.15) is 0 Å². The van der Waals surface area contributed by atoms with Crippen LogP contribution in [0.3, 0.4) is 0 Å². The molecule has 1 saturated carbocycles. The lowest BCUT2D eigenvalue weighted by atomic mass is 10.0. The molecule has 1 aromatic heterocycles. The van der Waals surface area contributed by atoms with Gasteiger partial charge in [0.1, 0.15) is 5.75 Å². The van der Waals surface area contributed by atoms with E-state index in [1.165, 1.54) is 25.7 Å². The number of phenolic OH excluding ortho intramolecular Hbond substituents is 1. The van der Waals surface area contributed by atoms with Gasteiger partial charge >= 0.3 is 0 Å². The molecule has 0 spiro atoms. The molecule has 0 aliphatic heterocycles. The molecular weight excluding hydrogens is 390 g/mol. The Balaban J connectivity index is 1.55. The largest absolute Gasteiger partial charge is 0.508 e. The quantitative estimate of drug-likeness (QED) is 0.534. The molecule has 1 aliphatic rings. The molecule has 6 nitrogen and oxygen atoms in total. The van der Waals surface area contributed by atoms with Crippen molar-refractivity contribution in [2.45, 2.75) is 45.1 Å². The van der Waals surface area contributed by atoms with Crippen LogP contribution in [-0.2, 0) is 24.2 Å². The van der Waals surface area contributed by atoms with Crippen molar-refractivity contribution in [1.29, 1.82) is 0 Å². The second-order valence-corrected chi connectivity index (χ2v) is 8.15. The maximum absolute atomic E-state index is 12.6. The number of nitrogens with zero attached hydrogens (tertiary/aromatic N) is 2. The van der Waals surface area contributed by atoms with Crippen molar-refractivity contribution < 1.29 is 15.0 Å². The standard InChI is InChI=1S/C25H27N3O3/c29-16-19-5-9-20(10-6-19)23-15-26-25(22(27-23)13-17-3-1-2-4-17)28-24(31)14-18-7-11-21(30)12-8-18/h5-12,15,17,29-30H,1-4,13-14,16H2,(H,26,28,31). The fraction of sp³-hybridized carbons (Fsp3) is 0.320. The Labute approximate surface area is 182 Å². The van der Waals surface area contributed by atoms with Crippen LogP contribution in [0.4, 0.5) is 5.82 Å². The van der Waals surface area contributed by atoms with Gasteiger partial charge in [0.2, 0.25) is 5.91 Å². The summed E-state index contributed by atoms with van der Waals surface area (Å²) in [6.07, 6.45) is 7.52. The van der Waals surface area contributed by atoms with Gasteiger partial charge in [-0.3, -0.25) is 4.79 Å². The summed E-state index contributed by atoms with van der Waals surface area (Å²) in [6.45, 7) is 0.00485. The molecule has 4 rings (SSSR count). The topological polar surface area (TPSA) is 95.3 Å². The highest BCUT2D eigenvalue weighted by atomic mass is 16.3. The first-order valence-corrected chi connectivity index (χ1v) is 10.7. The smallest absolute Gasteiger partial charge is 0.229 e. The molecule has 3 aromatic rings. The average molecular weight is 418 g/mol. The summed E-state index contributed by atoms with van der Waals surface area (Å²) in [5, 5.41) is 21.6. The van der Waals surface area contributed by atoms with E-state index in [1.54, 1.807) is 30.5 Å². The lowest BCUT2D eigenvalue weighted by molar-refractivity contribution is -0.115. The van der Waals surface area contributed by atoms with Gasteiger partial charge in [0.15, 0.2) is 5.82 Å². The van der Waals surface area contributed by atoms with E-state index in [2.05, 4.69) is 10.3 Å². The zero-order valence-electron chi connectivity index (χ0n) is 17.4. The van der Waals surface area contributed by atoms with Crippen LogP contribution in [0.5, 0.6) is 5.75 Å². The van der Waals surface area contributed by atoms with Gasteiger partial charge in [0.05, 0.1) is 30.6 Å². The first-order chi connectivity index (χ1) is 15.1. The number of nitrogens with one attached hydrogen (secondary N) is 1. The van der Waals surface area contributed by atoms with E-state index in [-0.39, 0.29) is 24.7 Å². The number of carbonyl (C=O) groups excluding carboxylic acids is 1. The first-order valence-electron chi connectivity index (χ1n) is 10.7. The molecule has 0 unspecified atom stereocenters. The average Bonchev–Trinajstić information content (AvgIpc) is 3.30. The molecular formula is C25H27N3O3. The molecule has 1 fully saturated rings. The molecule has 6 heteroatoms. The van der Waals surface area contributed by atoms with E-state index in [1.807, 2.05) is 24.3 Å². The number of phenols is 1. The number of benzene rings is 2. The second-order valence-electron chi connectivity index (χ2n) is 8.15. The van der Waals surface area contributed by atoms with Crippen LogP contribution < -0.4 is 5.32 Å². The Morgan fingerprint density at radius 1 is 1.00 bits per heavy atom. The summed E-state index contributed by atoms with van der Waals surface area (Å²) >= 11 is 0. The molecule has 160 valence electrons. The van der Waals surface area contributed by atoms with Gasteiger partial charge in [-0.15, -0.1) is 0 Å². The highest BCUT2D eigenvalue weighted by Crippen LogP contribution is 2.30. The predicted molar refractivity (Wildman–Crippen MR) is 119 cm³/mol. The van der Waals surface area contributed by atoms with Crippen LogP contribution in [0.15, 0.2) is 54.7 Å². The van der Waals surface area contributed by atoms with Gasteiger partial charge < -0.3 is 15.5 Å². The summed E-state index contributed by atoms with van der Waals surface area (Å²) in [6, 6.07) is 14.2. The lowest BCUT2D eigenvalue weighted by Crippen LogP contribution is -2.18. The number of hydrogen-bond acceptors (Lipinski definition) is 5. The van der Waals surface area contributed by atoms with E-state index in [9.17, 15) is 15.0 Å². The van der Waals surface area contributed by atoms with Gasteiger partial charge in [0, 0.05) is 5.56 Å². The van der Waals surface area contributed by atoms with Crippen molar-refractivity contribution in [3.8, 4) is 17.0 Å². The minimum absolute atomic E-state index is 0.00485. The fourth-order valence-corrected chi connectivity index (χ4v) is 4.06. The number of aliphatic hydroxyl groups excluding tert-OH is 1. The Kier molecular flexibility index (Phi) is 6.57. The molecule has 1 amide bonds. The van der Waals surface area contributed by atoms with Crippen molar-refractivity contribution >= 4 is 11.7 Å². The van der Waals surface area contributed by atoms with Crippen molar-refractivity contribution in [3.63, 3.8) is 0 Å². The van der Waals surface area contributed by atoms with Gasteiger partial charge in [-0.25, -0.2) is 9.97 Å². The third kappa shape index (κ3) is 5.47. The number of hydrogen-bond donors (Lipinski definition) is 3. The number of aromatic nitrogens is 2. The minimum Gasteiger partial charge on any atom is -0.508 e. The second kappa shape index (κ2) is 9.71. The Bertz CT molecular complexity index is 1030. The summed E-state index contributed by atoms with van der Waals surface area (Å²) in [7, 11) is 0. The minimum atomic E-state index is -0.160. The van der Waals surface area contributed by atoms with Crippen LogP contribution in [0.25, 0.3) is 11.3 Å². The predicted octanol–water partition coefficient (Wildman–Crippen LogP) is 4.26. The fourth-order valence-electron chi connectivity index (χ4n) is 4.06. The highest BCUT2D eigenvalue weighted by Gasteiger charge is 2.20. The number of anilines is 1. The maximum Gasteiger partial charge on any atom is 0.229 e. The van der Waals surface area contributed by atoms with Crippen molar-refractivity contribution in [2.75, 3.05) is 5.32 Å². The molecule has 0 saturated heterocycles. The number of amides is 1. The van der Waals surface area contributed by atoms with E-state index >= 15 is 0 Å². The van der Waals surface area contributed by atoms with Crippen molar-refractivity contribution in [2.24, 2.45) is 5.92 Å². The molecule has 3 N–H and O–H groups in total. The molecule has 0 bridgehead atoms. The summed E-state index contributed by atoms with van der Waals surface area (Å²) < 4.78 is 0. The van der Waals surface area contributed by atoms with Gasteiger partial charge in [-0.05, 0) is 35.6 Å². The van der Waals surface area contributed by atoms with E-state index < -0.39 is 0 Å². The zero-order chi connectivity index (χ0) is 21.6. The van der Waals surface area contributed by atoms with Crippen LogP contribution in [0, 0.1) is 5.92 Å². The maximum atomic E-state index is 12.6. The van der Waals surface area contributed by atoms with Crippen molar-refractivity contribution in [3.05, 3.63) is 71.5 Å². The Morgan fingerprint density at radius 2 is 1.68 bits per heavy atom. The molecule has 1 aliphatic carbocycles. The molecule has 31 heavy (non-hydrogen) atoms. The van der Waals surface area contributed by atoms with E-state index in [0.29, 0.717) is 11.7 Å². The number of rotatable bonds is 7. The van der Waals surface area contributed by atoms with Crippen LogP contribution in [0.1, 0.15) is 42.5 Å². The third-order valence-corrected chi connectivity index (χ3v) is 5.79. The highest BCUT2D eigenvalue weighted by molar-refractivity contribution is 5.92. The van der Waals surface area contributed by atoms with Crippen LogP contribution in [0.2, 0.25) is 0 Å². The van der Waals surface area contributed by atoms with E-state index in [4.69, 9.17) is 4.98 Å². The van der Waals surface area contributed by atoms with Crippen molar-refractivity contribution in [1.82, 2.24) is 9.97 Å². The molecule has 1 heterocycles.